The zero-order chi connectivity index (χ0) is 15.5. The first-order chi connectivity index (χ1) is 9.97. The van der Waals surface area contributed by atoms with Crippen molar-refractivity contribution < 1.29 is 13.2 Å². The molecule has 0 atom stereocenters. The number of halogens is 3. The maximum absolute atomic E-state index is 12.9. The Bertz CT molecular complexity index is 671. The molecule has 0 aliphatic carbocycles. The summed E-state index contributed by atoms with van der Waals surface area (Å²) in [5, 5.41) is 12.8. The smallest absolute Gasteiger partial charge is 0.229 e. The van der Waals surface area contributed by atoms with Gasteiger partial charge in [0.05, 0.1) is 17.4 Å². The summed E-state index contributed by atoms with van der Waals surface area (Å²) in [6, 6.07) is 7.54. The highest BCUT2D eigenvalue weighted by molar-refractivity contribution is 7.99. The number of benzene rings is 1. The number of aromatic nitrogens is 2. The molecule has 0 fully saturated rings. The highest BCUT2D eigenvalue weighted by Crippen LogP contribution is 2.32. The van der Waals surface area contributed by atoms with E-state index in [1.165, 1.54) is 23.9 Å². The molecular formula is C14H12F3N3S. The van der Waals surface area contributed by atoms with E-state index >= 15 is 0 Å². The summed E-state index contributed by atoms with van der Waals surface area (Å²) in [7, 11) is 0. The first-order valence-corrected chi connectivity index (χ1v) is 7.24. The fourth-order valence-corrected chi connectivity index (χ4v) is 2.69. The van der Waals surface area contributed by atoms with Gasteiger partial charge in [-0.05, 0) is 36.4 Å². The SMILES string of the molecule is CCCSc1cc(-n2nccc2C(F)(F)F)ccc1C#N. The zero-order valence-corrected chi connectivity index (χ0v) is 12.0. The van der Waals surface area contributed by atoms with Crippen molar-refractivity contribution in [3.05, 3.63) is 41.7 Å². The predicted molar refractivity (Wildman–Crippen MR) is 74.3 cm³/mol. The van der Waals surface area contributed by atoms with Gasteiger partial charge in [0.25, 0.3) is 0 Å². The Morgan fingerprint density at radius 1 is 1.33 bits per heavy atom. The Hall–Kier alpha value is -1.94. The Kier molecular flexibility index (Phi) is 4.58. The van der Waals surface area contributed by atoms with Crippen LogP contribution in [-0.4, -0.2) is 15.5 Å². The number of hydrogen-bond acceptors (Lipinski definition) is 3. The van der Waals surface area contributed by atoms with Gasteiger partial charge in [0.2, 0.25) is 0 Å². The second-order valence-electron chi connectivity index (χ2n) is 4.27. The average Bonchev–Trinajstić information content (AvgIpc) is 2.94. The van der Waals surface area contributed by atoms with Crippen LogP contribution in [0.25, 0.3) is 5.69 Å². The van der Waals surface area contributed by atoms with E-state index in [4.69, 9.17) is 5.26 Å². The summed E-state index contributed by atoms with van der Waals surface area (Å²) >= 11 is 1.45. The summed E-state index contributed by atoms with van der Waals surface area (Å²) < 4.78 is 39.5. The van der Waals surface area contributed by atoms with Gasteiger partial charge in [0.15, 0.2) is 0 Å². The van der Waals surface area contributed by atoms with Crippen LogP contribution in [0, 0.1) is 11.3 Å². The van der Waals surface area contributed by atoms with Crippen LogP contribution >= 0.6 is 11.8 Å². The quantitative estimate of drug-likeness (QED) is 0.792. The first kappa shape index (κ1) is 15.4. The van der Waals surface area contributed by atoms with Gasteiger partial charge in [-0.2, -0.15) is 23.5 Å². The number of hydrogen-bond donors (Lipinski definition) is 0. The molecule has 0 bridgehead atoms. The predicted octanol–water partition coefficient (Wildman–Crippen LogP) is 4.26. The molecule has 0 saturated heterocycles. The van der Waals surface area contributed by atoms with Gasteiger partial charge >= 0.3 is 6.18 Å². The fraction of sp³-hybridized carbons (Fsp3) is 0.286. The van der Waals surface area contributed by atoms with E-state index in [9.17, 15) is 13.2 Å². The van der Waals surface area contributed by atoms with E-state index in [-0.39, 0.29) is 0 Å². The van der Waals surface area contributed by atoms with Crippen molar-refractivity contribution in [1.82, 2.24) is 9.78 Å². The summed E-state index contributed by atoms with van der Waals surface area (Å²) in [5.74, 6) is 0.795. The molecule has 3 nitrogen and oxygen atoms in total. The van der Waals surface area contributed by atoms with E-state index in [0.717, 1.165) is 29.1 Å². The Morgan fingerprint density at radius 2 is 2.10 bits per heavy atom. The van der Waals surface area contributed by atoms with Gasteiger partial charge in [0.1, 0.15) is 11.8 Å². The van der Waals surface area contributed by atoms with E-state index < -0.39 is 11.9 Å². The molecule has 0 aliphatic rings. The molecule has 2 rings (SSSR count). The largest absolute Gasteiger partial charge is 0.433 e. The summed E-state index contributed by atoms with van der Waals surface area (Å²) in [5.41, 5.74) is -0.0820. The Morgan fingerprint density at radius 3 is 2.71 bits per heavy atom. The molecule has 1 heterocycles. The number of thioether (sulfide) groups is 1. The van der Waals surface area contributed by atoms with Crippen LogP contribution in [0.1, 0.15) is 24.6 Å². The second-order valence-corrected chi connectivity index (χ2v) is 5.40. The van der Waals surface area contributed by atoms with Gasteiger partial charge < -0.3 is 0 Å². The van der Waals surface area contributed by atoms with E-state index in [1.54, 1.807) is 6.07 Å². The average molecular weight is 311 g/mol. The second kappa shape index (κ2) is 6.22. The number of nitriles is 1. The molecule has 0 unspecified atom stereocenters. The highest BCUT2D eigenvalue weighted by Gasteiger charge is 2.35. The number of nitrogens with zero attached hydrogens (tertiary/aromatic N) is 3. The van der Waals surface area contributed by atoms with Crippen LogP contribution < -0.4 is 0 Å². The first-order valence-electron chi connectivity index (χ1n) is 6.26. The van der Waals surface area contributed by atoms with Gasteiger partial charge in [-0.3, -0.25) is 0 Å². The Labute approximate surface area is 124 Å². The normalized spacial score (nSPS) is 11.4. The van der Waals surface area contributed by atoms with Crippen molar-refractivity contribution in [1.29, 1.82) is 5.26 Å². The molecule has 0 amide bonds. The third-order valence-corrected chi connectivity index (χ3v) is 3.99. The van der Waals surface area contributed by atoms with Gasteiger partial charge in [-0.1, -0.05) is 6.92 Å². The summed E-state index contributed by atoms with van der Waals surface area (Å²) in [4.78, 5) is 0.667. The van der Waals surface area contributed by atoms with Crippen LogP contribution in [0.2, 0.25) is 0 Å². The summed E-state index contributed by atoms with van der Waals surface area (Å²) in [6.07, 6.45) is -2.45. The van der Waals surface area contributed by atoms with Crippen molar-refractivity contribution in [2.24, 2.45) is 0 Å². The lowest BCUT2D eigenvalue weighted by Gasteiger charge is -2.12. The lowest BCUT2D eigenvalue weighted by Crippen LogP contribution is -2.13. The molecular weight excluding hydrogens is 299 g/mol. The molecule has 110 valence electrons. The highest BCUT2D eigenvalue weighted by atomic mass is 32.2. The molecule has 0 N–H and O–H groups in total. The third kappa shape index (κ3) is 3.39. The van der Waals surface area contributed by atoms with Crippen molar-refractivity contribution >= 4 is 11.8 Å². The minimum Gasteiger partial charge on any atom is -0.229 e. The fourth-order valence-electron chi connectivity index (χ4n) is 1.79. The number of rotatable bonds is 4. The van der Waals surface area contributed by atoms with Crippen LogP contribution in [0.4, 0.5) is 13.2 Å². The maximum Gasteiger partial charge on any atom is 0.433 e. The number of alkyl halides is 3. The molecule has 1 aromatic carbocycles. The minimum absolute atomic E-state index is 0.296. The molecule has 0 aliphatic heterocycles. The van der Waals surface area contributed by atoms with E-state index in [1.807, 2.05) is 13.0 Å². The third-order valence-electron chi connectivity index (χ3n) is 2.73. The molecule has 7 heteroatoms. The van der Waals surface area contributed by atoms with Crippen molar-refractivity contribution in [3.63, 3.8) is 0 Å². The standard InChI is InChI=1S/C14H12F3N3S/c1-2-7-21-12-8-11(4-3-10(12)9-18)20-13(5-6-19-20)14(15,16)17/h3-6,8H,2,7H2,1H3. The van der Waals surface area contributed by atoms with Crippen LogP contribution in [0.15, 0.2) is 35.4 Å². The lowest BCUT2D eigenvalue weighted by molar-refractivity contribution is -0.142. The van der Waals surface area contributed by atoms with Crippen LogP contribution in [0.3, 0.4) is 0 Å². The molecule has 0 saturated carbocycles. The van der Waals surface area contributed by atoms with Crippen molar-refractivity contribution in [3.8, 4) is 11.8 Å². The van der Waals surface area contributed by atoms with Gasteiger partial charge in [-0.25, -0.2) is 4.68 Å². The topological polar surface area (TPSA) is 41.6 Å². The zero-order valence-electron chi connectivity index (χ0n) is 11.2. The van der Waals surface area contributed by atoms with E-state index in [2.05, 4.69) is 5.10 Å². The monoisotopic (exact) mass is 311 g/mol. The molecule has 21 heavy (non-hydrogen) atoms. The van der Waals surface area contributed by atoms with Gasteiger partial charge in [-0.15, -0.1) is 11.8 Å². The van der Waals surface area contributed by atoms with Crippen LogP contribution in [0.5, 0.6) is 0 Å². The molecule has 2 aromatic rings. The van der Waals surface area contributed by atoms with Crippen LogP contribution in [-0.2, 0) is 6.18 Å². The minimum atomic E-state index is -4.47. The van der Waals surface area contributed by atoms with Gasteiger partial charge in [0, 0.05) is 4.90 Å². The Balaban J connectivity index is 2.46. The van der Waals surface area contributed by atoms with Crippen molar-refractivity contribution in [2.75, 3.05) is 5.75 Å². The maximum atomic E-state index is 12.9. The molecule has 0 radical (unpaired) electrons. The lowest BCUT2D eigenvalue weighted by atomic mass is 10.2. The molecule has 1 aromatic heterocycles. The summed E-state index contributed by atoms with van der Waals surface area (Å²) in [6.45, 7) is 2.00. The van der Waals surface area contributed by atoms with Crippen molar-refractivity contribution in [2.45, 2.75) is 24.4 Å². The molecule has 0 spiro atoms. The van der Waals surface area contributed by atoms with E-state index in [0.29, 0.717) is 16.1 Å².